The molecule has 0 atom stereocenters. The van der Waals surface area contributed by atoms with E-state index >= 15 is 0 Å². The van der Waals surface area contributed by atoms with E-state index in [9.17, 15) is 9.18 Å². The molecular formula is C17H17ClFNO2S. The molecule has 3 nitrogen and oxygen atoms in total. The Balaban J connectivity index is 1.59. The van der Waals surface area contributed by atoms with Gasteiger partial charge in [0.15, 0.2) is 6.61 Å². The van der Waals surface area contributed by atoms with Gasteiger partial charge in [-0.3, -0.25) is 4.79 Å². The van der Waals surface area contributed by atoms with E-state index in [0.717, 1.165) is 11.5 Å². The van der Waals surface area contributed by atoms with Crippen LogP contribution in [0.25, 0.3) is 0 Å². The van der Waals surface area contributed by atoms with E-state index in [-0.39, 0.29) is 17.5 Å². The van der Waals surface area contributed by atoms with Gasteiger partial charge in [0.1, 0.15) is 11.6 Å². The van der Waals surface area contributed by atoms with E-state index in [1.54, 1.807) is 11.8 Å². The van der Waals surface area contributed by atoms with Crippen LogP contribution in [0, 0.1) is 5.82 Å². The van der Waals surface area contributed by atoms with Crippen molar-refractivity contribution in [2.24, 2.45) is 0 Å². The summed E-state index contributed by atoms with van der Waals surface area (Å²) in [6, 6.07) is 14.1. The van der Waals surface area contributed by atoms with Crippen LogP contribution in [0.5, 0.6) is 5.75 Å². The molecule has 2 rings (SSSR count). The molecule has 0 unspecified atom stereocenters. The SMILES string of the molecule is O=C(COc1ccc(F)c(Cl)c1)NCCSCc1ccccc1. The first kappa shape index (κ1) is 17.6. The minimum Gasteiger partial charge on any atom is -0.484 e. The van der Waals surface area contributed by atoms with E-state index in [0.29, 0.717) is 12.3 Å². The molecule has 2 aromatic rings. The van der Waals surface area contributed by atoms with Crippen LogP contribution < -0.4 is 10.1 Å². The van der Waals surface area contributed by atoms with Crippen LogP contribution in [0.1, 0.15) is 5.56 Å². The Bertz CT molecular complexity index is 640. The van der Waals surface area contributed by atoms with E-state index in [1.807, 2.05) is 18.2 Å². The predicted octanol–water partition coefficient (Wildman–Crippen LogP) is 3.91. The van der Waals surface area contributed by atoms with Crippen molar-refractivity contribution < 1.29 is 13.9 Å². The van der Waals surface area contributed by atoms with Crippen LogP contribution in [0.4, 0.5) is 4.39 Å². The lowest BCUT2D eigenvalue weighted by Gasteiger charge is -2.08. The Morgan fingerprint density at radius 3 is 2.74 bits per heavy atom. The third-order valence-electron chi connectivity index (χ3n) is 2.94. The van der Waals surface area contributed by atoms with Crippen LogP contribution >= 0.6 is 23.4 Å². The Morgan fingerprint density at radius 2 is 2.00 bits per heavy atom. The molecule has 6 heteroatoms. The summed E-state index contributed by atoms with van der Waals surface area (Å²) in [5, 5.41) is 2.75. The first-order valence-corrected chi connectivity index (χ1v) is 8.64. The number of halogens is 2. The third-order valence-corrected chi connectivity index (χ3v) is 4.26. The minimum absolute atomic E-state index is 0.0276. The molecule has 0 fully saturated rings. The number of thioether (sulfide) groups is 1. The van der Waals surface area contributed by atoms with E-state index < -0.39 is 5.82 Å². The molecule has 0 saturated carbocycles. The van der Waals surface area contributed by atoms with E-state index in [2.05, 4.69) is 17.4 Å². The van der Waals surface area contributed by atoms with Gasteiger partial charge >= 0.3 is 0 Å². The maximum atomic E-state index is 13.0. The van der Waals surface area contributed by atoms with Crippen LogP contribution in [0.3, 0.4) is 0 Å². The Labute approximate surface area is 144 Å². The molecular weight excluding hydrogens is 337 g/mol. The molecule has 122 valence electrons. The fraction of sp³-hybridized carbons (Fsp3) is 0.235. The summed E-state index contributed by atoms with van der Waals surface area (Å²) in [6.45, 7) is 0.454. The van der Waals surface area contributed by atoms with Gasteiger partial charge in [0.05, 0.1) is 5.02 Å². The second-order valence-corrected chi connectivity index (χ2v) is 6.27. The monoisotopic (exact) mass is 353 g/mol. The quantitative estimate of drug-likeness (QED) is 0.731. The minimum atomic E-state index is -0.515. The van der Waals surface area contributed by atoms with Gasteiger partial charge in [-0.25, -0.2) is 4.39 Å². The molecule has 0 radical (unpaired) electrons. The lowest BCUT2D eigenvalue weighted by atomic mass is 10.2. The number of hydrogen-bond donors (Lipinski definition) is 1. The number of amides is 1. The molecule has 0 spiro atoms. The lowest BCUT2D eigenvalue weighted by Crippen LogP contribution is -2.30. The molecule has 1 N–H and O–H groups in total. The van der Waals surface area contributed by atoms with Crippen molar-refractivity contribution in [3.8, 4) is 5.75 Å². The zero-order valence-electron chi connectivity index (χ0n) is 12.4. The summed E-state index contributed by atoms with van der Waals surface area (Å²) in [6.07, 6.45) is 0. The van der Waals surface area contributed by atoms with Gasteiger partial charge < -0.3 is 10.1 Å². The van der Waals surface area contributed by atoms with Crippen LogP contribution in [-0.4, -0.2) is 24.8 Å². The van der Waals surface area contributed by atoms with E-state index in [1.165, 1.54) is 23.8 Å². The molecule has 0 bridgehead atoms. The van der Waals surface area contributed by atoms with Gasteiger partial charge in [-0.15, -0.1) is 0 Å². The summed E-state index contributed by atoms with van der Waals surface area (Å²) >= 11 is 7.39. The van der Waals surface area contributed by atoms with Gasteiger partial charge in [-0.1, -0.05) is 41.9 Å². The second kappa shape index (κ2) is 9.43. The normalized spacial score (nSPS) is 10.3. The van der Waals surface area contributed by atoms with Crippen molar-refractivity contribution in [2.75, 3.05) is 18.9 Å². The Morgan fingerprint density at radius 1 is 1.22 bits per heavy atom. The summed E-state index contributed by atoms with van der Waals surface area (Å²) in [4.78, 5) is 11.6. The smallest absolute Gasteiger partial charge is 0.257 e. The predicted molar refractivity (Wildman–Crippen MR) is 92.5 cm³/mol. The maximum Gasteiger partial charge on any atom is 0.257 e. The van der Waals surface area contributed by atoms with Crippen molar-refractivity contribution in [1.82, 2.24) is 5.32 Å². The molecule has 1 amide bonds. The number of carbonyl (C=O) groups is 1. The highest BCUT2D eigenvalue weighted by Crippen LogP contribution is 2.20. The van der Waals surface area contributed by atoms with Gasteiger partial charge in [0, 0.05) is 24.1 Å². The van der Waals surface area contributed by atoms with Crippen molar-refractivity contribution in [3.05, 3.63) is 64.9 Å². The summed E-state index contributed by atoms with van der Waals surface area (Å²) in [5.74, 6) is 1.37. The zero-order valence-corrected chi connectivity index (χ0v) is 14.0. The number of nitrogens with one attached hydrogen (secondary N) is 1. The lowest BCUT2D eigenvalue weighted by molar-refractivity contribution is -0.122. The summed E-state index contributed by atoms with van der Waals surface area (Å²) in [7, 11) is 0. The van der Waals surface area contributed by atoms with Gasteiger partial charge in [0.25, 0.3) is 5.91 Å². The molecule has 0 aliphatic heterocycles. The largest absolute Gasteiger partial charge is 0.484 e. The molecule has 2 aromatic carbocycles. The third kappa shape index (κ3) is 6.50. The number of rotatable bonds is 8. The highest BCUT2D eigenvalue weighted by molar-refractivity contribution is 7.98. The molecule has 0 saturated heterocycles. The van der Waals surface area contributed by atoms with Crippen molar-refractivity contribution >= 4 is 29.3 Å². The maximum absolute atomic E-state index is 13.0. The molecule has 0 aliphatic rings. The van der Waals surface area contributed by atoms with Crippen molar-refractivity contribution in [2.45, 2.75) is 5.75 Å². The fourth-order valence-electron chi connectivity index (χ4n) is 1.79. The number of benzene rings is 2. The zero-order chi connectivity index (χ0) is 16.5. The molecule has 0 aromatic heterocycles. The van der Waals surface area contributed by atoms with Gasteiger partial charge in [0.2, 0.25) is 0 Å². The van der Waals surface area contributed by atoms with Gasteiger partial charge in [-0.2, -0.15) is 11.8 Å². The molecule has 0 heterocycles. The average molecular weight is 354 g/mol. The second-order valence-electron chi connectivity index (χ2n) is 4.75. The molecule has 0 aliphatic carbocycles. The first-order chi connectivity index (χ1) is 11.1. The molecule has 23 heavy (non-hydrogen) atoms. The number of hydrogen-bond acceptors (Lipinski definition) is 3. The summed E-state index contributed by atoms with van der Waals surface area (Å²) in [5.41, 5.74) is 1.26. The van der Waals surface area contributed by atoms with Crippen molar-refractivity contribution in [3.63, 3.8) is 0 Å². The highest BCUT2D eigenvalue weighted by atomic mass is 35.5. The average Bonchev–Trinajstić information content (AvgIpc) is 2.56. The first-order valence-electron chi connectivity index (χ1n) is 7.11. The summed E-state index contributed by atoms with van der Waals surface area (Å²) < 4.78 is 18.3. The highest BCUT2D eigenvalue weighted by Gasteiger charge is 2.05. The Kier molecular flexibility index (Phi) is 7.23. The van der Waals surface area contributed by atoms with Crippen LogP contribution in [0.2, 0.25) is 5.02 Å². The Hall–Kier alpha value is -1.72. The topological polar surface area (TPSA) is 38.3 Å². The van der Waals surface area contributed by atoms with Crippen LogP contribution in [-0.2, 0) is 10.5 Å². The van der Waals surface area contributed by atoms with Gasteiger partial charge in [-0.05, 0) is 17.7 Å². The number of ether oxygens (including phenoxy) is 1. The van der Waals surface area contributed by atoms with E-state index in [4.69, 9.17) is 16.3 Å². The number of carbonyl (C=O) groups excluding carboxylic acids is 1. The fourth-order valence-corrected chi connectivity index (χ4v) is 2.78. The van der Waals surface area contributed by atoms with Crippen molar-refractivity contribution in [1.29, 1.82) is 0 Å². The standard InChI is InChI=1S/C17H17ClFNO2S/c18-15-10-14(6-7-16(15)19)22-11-17(21)20-8-9-23-12-13-4-2-1-3-5-13/h1-7,10H,8-9,11-12H2,(H,20,21). The van der Waals surface area contributed by atoms with Crippen LogP contribution in [0.15, 0.2) is 48.5 Å².